The number of ether oxygens (including phenoxy) is 3. The molecule has 17 nitrogen and oxygen atoms in total. The molecular formula is C40H47F2N7O10. The number of hydrogen-bond acceptors (Lipinski definition) is 10. The van der Waals surface area contributed by atoms with E-state index in [1.54, 1.807) is 6.07 Å². The highest BCUT2D eigenvalue weighted by Gasteiger charge is 2.46. The number of cyclic esters (lactones) is 1. The van der Waals surface area contributed by atoms with Crippen molar-refractivity contribution in [2.75, 3.05) is 31.7 Å². The van der Waals surface area contributed by atoms with Crippen molar-refractivity contribution in [2.24, 2.45) is 0 Å². The number of nitrogens with zero attached hydrogens (tertiary/aromatic N) is 3. The van der Waals surface area contributed by atoms with Crippen molar-refractivity contribution in [3.8, 4) is 11.5 Å². The van der Waals surface area contributed by atoms with E-state index >= 15 is 0 Å². The molecule has 0 spiro atoms. The summed E-state index contributed by atoms with van der Waals surface area (Å²) in [6, 6.07) is -0.836. The lowest BCUT2D eigenvalue weighted by Gasteiger charge is -2.39. The van der Waals surface area contributed by atoms with Crippen molar-refractivity contribution >= 4 is 47.2 Å². The van der Waals surface area contributed by atoms with Crippen LogP contribution in [0.4, 0.5) is 19.3 Å². The van der Waals surface area contributed by atoms with Crippen LogP contribution >= 0.6 is 0 Å². The Morgan fingerprint density at radius 1 is 0.780 bits per heavy atom. The third-order valence-electron chi connectivity index (χ3n) is 11.4. The number of amides is 7. The first kappa shape index (κ1) is 41.2. The highest BCUT2D eigenvalue weighted by Crippen LogP contribution is 2.34. The molecule has 7 rings (SSSR count). The van der Waals surface area contributed by atoms with Crippen molar-refractivity contribution in [3.05, 3.63) is 53.6 Å². The summed E-state index contributed by atoms with van der Waals surface area (Å²) in [6.45, 7) is 3.46. The fraction of sp³-hybridized carbons (Fsp3) is 0.525. The first-order valence-corrected chi connectivity index (χ1v) is 19.9. The van der Waals surface area contributed by atoms with Crippen molar-refractivity contribution in [1.82, 2.24) is 30.7 Å². The van der Waals surface area contributed by atoms with Crippen LogP contribution in [0.2, 0.25) is 0 Å². The zero-order valence-electron chi connectivity index (χ0n) is 32.7. The van der Waals surface area contributed by atoms with E-state index in [-0.39, 0.29) is 50.5 Å². The number of carbonyl (C=O) groups is 7. The van der Waals surface area contributed by atoms with Gasteiger partial charge in [0.05, 0.1) is 0 Å². The lowest BCUT2D eigenvalue weighted by Crippen LogP contribution is -2.63. The third kappa shape index (κ3) is 9.02. The number of rotatable bonds is 6. The van der Waals surface area contributed by atoms with E-state index in [0.717, 1.165) is 12.1 Å². The van der Waals surface area contributed by atoms with Crippen LogP contribution < -0.4 is 30.7 Å². The number of anilines is 1. The average molecular weight is 824 g/mol. The van der Waals surface area contributed by atoms with Crippen molar-refractivity contribution in [2.45, 2.75) is 108 Å². The van der Waals surface area contributed by atoms with E-state index in [9.17, 15) is 42.3 Å². The van der Waals surface area contributed by atoms with Crippen LogP contribution in [0.3, 0.4) is 0 Å². The zero-order valence-corrected chi connectivity index (χ0v) is 32.7. The maximum atomic E-state index is 14.7. The molecular weight excluding hydrogens is 776 g/mol. The predicted octanol–water partition coefficient (Wildman–Crippen LogP) is 1.72. The van der Waals surface area contributed by atoms with Gasteiger partial charge in [-0.05, 0) is 88.6 Å². The predicted molar refractivity (Wildman–Crippen MR) is 202 cm³/mol. The van der Waals surface area contributed by atoms with Gasteiger partial charge in [0.2, 0.25) is 36.3 Å². The van der Waals surface area contributed by atoms with Gasteiger partial charge in [-0.15, -0.1) is 0 Å². The molecule has 0 saturated carbocycles. The summed E-state index contributed by atoms with van der Waals surface area (Å²) in [5.41, 5.74) is 0.267. The molecule has 2 aromatic rings. The molecule has 7 amide bonds. The lowest BCUT2D eigenvalue weighted by molar-refractivity contribution is -0.163. The second-order valence-electron chi connectivity index (χ2n) is 15.5. The number of esters is 1. The number of carbonyl (C=O) groups excluding carboxylic acids is 7. The molecule has 0 unspecified atom stereocenters. The maximum absolute atomic E-state index is 14.7. The summed E-state index contributed by atoms with van der Waals surface area (Å²) in [7, 11) is 0. The number of piperidine rings is 1. The Labute approximate surface area is 338 Å². The van der Waals surface area contributed by atoms with Gasteiger partial charge in [-0.2, -0.15) is 0 Å². The van der Waals surface area contributed by atoms with E-state index in [1.807, 2.05) is 0 Å². The number of fused-ring (bicyclic) bond motifs is 4. The van der Waals surface area contributed by atoms with Crippen molar-refractivity contribution in [1.29, 1.82) is 0 Å². The molecule has 316 valence electrons. The third-order valence-corrected chi connectivity index (χ3v) is 11.4. The number of urea groups is 1. The van der Waals surface area contributed by atoms with Crippen LogP contribution in [0.1, 0.15) is 64.4 Å². The van der Waals surface area contributed by atoms with Gasteiger partial charge in [-0.25, -0.2) is 18.4 Å². The Morgan fingerprint density at radius 2 is 1.42 bits per heavy atom. The minimum Gasteiger partial charge on any atom is -0.458 e. The second kappa shape index (κ2) is 17.5. The van der Waals surface area contributed by atoms with Crippen LogP contribution in [0, 0.1) is 11.6 Å². The fourth-order valence-electron chi connectivity index (χ4n) is 8.46. The highest BCUT2D eigenvalue weighted by atomic mass is 19.1. The van der Waals surface area contributed by atoms with Crippen molar-refractivity contribution in [3.63, 3.8) is 0 Å². The molecule has 4 fully saturated rings. The quantitative estimate of drug-likeness (QED) is 0.311. The molecule has 0 aromatic heterocycles. The van der Waals surface area contributed by atoms with Gasteiger partial charge in [0.15, 0.2) is 11.5 Å². The number of hydrogen-bond donors (Lipinski definition) is 4. The van der Waals surface area contributed by atoms with Crippen LogP contribution in [0.25, 0.3) is 0 Å². The van der Waals surface area contributed by atoms with Gasteiger partial charge in [-0.1, -0.05) is 0 Å². The molecule has 59 heavy (non-hydrogen) atoms. The minimum absolute atomic E-state index is 0.000342. The van der Waals surface area contributed by atoms with Crippen molar-refractivity contribution < 1.29 is 56.6 Å². The Balaban J connectivity index is 1.19. The topological polar surface area (TPSA) is 205 Å². The average Bonchev–Trinajstić information content (AvgIpc) is 3.99. The summed E-state index contributed by atoms with van der Waals surface area (Å²) < 4.78 is 45.2. The van der Waals surface area contributed by atoms with Gasteiger partial charge in [-0.3, -0.25) is 24.0 Å². The molecule has 4 N–H and O–H groups in total. The highest BCUT2D eigenvalue weighted by molar-refractivity contribution is 5.99. The van der Waals surface area contributed by atoms with Gasteiger partial charge in [0, 0.05) is 43.9 Å². The standard InChI is InChI=1S/C40H47F2N7O10/c1-21-36(52)49-14-6-9-30(49)39(55)59-22(2)33(38(54)48-13-5-8-29(48)37(53)47-12-4-3-7-28(47)35(51)43-21)46-34(50)27(17-23-15-24(41)18-25(42)16-23)45-40(56)44-26-10-11-31-32(19-26)58-20-57-31/h10-11,15-16,18-19,21-22,27-30,33H,3-9,12-14,17,20H2,1-2H3,(H,43,51)(H,46,50)(H2,44,45,56)/t21-,22-,27-,28-,29-,30-,33-/m0/s1. The molecule has 19 heteroatoms. The van der Waals surface area contributed by atoms with Crippen LogP contribution in [0.5, 0.6) is 11.5 Å². The van der Waals surface area contributed by atoms with E-state index in [2.05, 4.69) is 21.3 Å². The smallest absolute Gasteiger partial charge is 0.329 e. The molecule has 7 atom stereocenters. The molecule has 4 saturated heterocycles. The maximum Gasteiger partial charge on any atom is 0.329 e. The zero-order chi connectivity index (χ0) is 42.0. The number of nitrogens with one attached hydrogen (secondary N) is 4. The molecule has 2 aromatic carbocycles. The molecule has 0 radical (unpaired) electrons. The van der Waals surface area contributed by atoms with Crippen LogP contribution in [0.15, 0.2) is 36.4 Å². The fourth-order valence-corrected chi connectivity index (χ4v) is 8.46. The normalized spacial score (nSPS) is 26.6. The lowest BCUT2D eigenvalue weighted by atomic mass is 9.99. The van der Waals surface area contributed by atoms with E-state index in [4.69, 9.17) is 14.2 Å². The van der Waals surface area contributed by atoms with Crippen LogP contribution in [-0.2, 0) is 39.9 Å². The molecule has 5 aliphatic rings. The first-order valence-electron chi connectivity index (χ1n) is 19.9. The van der Waals surface area contributed by atoms with E-state index in [1.165, 1.54) is 40.7 Å². The molecule has 5 heterocycles. The molecule has 0 aliphatic carbocycles. The molecule has 5 aliphatic heterocycles. The summed E-state index contributed by atoms with van der Waals surface area (Å²) >= 11 is 0. The Morgan fingerprint density at radius 3 is 2.17 bits per heavy atom. The summed E-state index contributed by atoms with van der Waals surface area (Å²) in [5.74, 6) is -5.12. The SMILES string of the molecule is C[C@@H]1NC(=O)[C@@H]2CCCCN2C(=O)[C@@H]2CCCN2C(=O)[C@@H](NC(=O)[C@H](Cc2cc(F)cc(F)c2)NC(=O)Nc2ccc3c(c2)OCO3)[C@H](C)OC(=O)[C@@H]2CCCN2C1=O. The second-order valence-corrected chi connectivity index (χ2v) is 15.5. The molecule has 0 bridgehead atoms. The monoisotopic (exact) mass is 823 g/mol. The summed E-state index contributed by atoms with van der Waals surface area (Å²) in [5, 5.41) is 10.5. The first-order chi connectivity index (χ1) is 28.3. The minimum atomic E-state index is -1.64. The largest absolute Gasteiger partial charge is 0.458 e. The van der Waals surface area contributed by atoms with E-state index < -0.39 is 102 Å². The Hall–Kier alpha value is -6.01. The van der Waals surface area contributed by atoms with Crippen LogP contribution in [-0.4, -0.2) is 125 Å². The number of halogens is 2. The van der Waals surface area contributed by atoms with Gasteiger partial charge in [0.1, 0.15) is 54.0 Å². The Kier molecular flexibility index (Phi) is 12.2. The van der Waals surface area contributed by atoms with Gasteiger partial charge >= 0.3 is 12.0 Å². The summed E-state index contributed by atoms with van der Waals surface area (Å²) in [4.78, 5) is 102. The number of benzene rings is 2. The summed E-state index contributed by atoms with van der Waals surface area (Å²) in [6.07, 6.45) is 1.19. The van der Waals surface area contributed by atoms with E-state index in [0.29, 0.717) is 49.7 Å². The van der Waals surface area contributed by atoms with Gasteiger partial charge in [0.25, 0.3) is 0 Å². The van der Waals surface area contributed by atoms with Gasteiger partial charge < -0.3 is 50.2 Å². The Bertz CT molecular complexity index is 2000.